The van der Waals surface area contributed by atoms with Crippen LogP contribution in [-0.4, -0.2) is 52.8 Å². The third-order valence-corrected chi connectivity index (χ3v) is 5.70. The zero-order valence-corrected chi connectivity index (χ0v) is 16.1. The number of carbonyl (C=O) groups excluding carboxylic acids is 2. The molecule has 2 amide bonds. The van der Waals surface area contributed by atoms with E-state index in [1.807, 2.05) is 46.8 Å². The number of aryl methyl sites for hydroxylation is 1. The molecule has 2 fully saturated rings. The molecule has 0 bridgehead atoms. The minimum absolute atomic E-state index is 0.0187. The van der Waals surface area contributed by atoms with Crippen molar-refractivity contribution in [2.75, 3.05) is 31.6 Å². The van der Waals surface area contributed by atoms with E-state index in [0.717, 1.165) is 24.8 Å². The number of nitrogens with zero attached hydrogens (tertiary/aromatic N) is 3. The number of rotatable bonds is 4. The van der Waals surface area contributed by atoms with Crippen LogP contribution in [0.1, 0.15) is 41.2 Å². The summed E-state index contributed by atoms with van der Waals surface area (Å²) in [6, 6.07) is 9.52. The van der Waals surface area contributed by atoms with E-state index in [4.69, 9.17) is 4.74 Å². The van der Waals surface area contributed by atoms with E-state index in [-0.39, 0.29) is 23.8 Å². The van der Waals surface area contributed by atoms with Crippen molar-refractivity contribution in [3.63, 3.8) is 0 Å². The highest BCUT2D eigenvalue weighted by molar-refractivity contribution is 6.04. The van der Waals surface area contributed by atoms with Crippen LogP contribution in [0.3, 0.4) is 0 Å². The molecule has 3 heterocycles. The summed E-state index contributed by atoms with van der Waals surface area (Å²) >= 11 is 0. The van der Waals surface area contributed by atoms with Gasteiger partial charge >= 0.3 is 0 Å². The normalized spacial score (nSPS) is 20.3. The van der Waals surface area contributed by atoms with Gasteiger partial charge in [0.15, 0.2) is 0 Å². The Balaban J connectivity index is 1.39. The summed E-state index contributed by atoms with van der Waals surface area (Å²) in [7, 11) is 0. The number of likely N-dealkylation sites (tertiary alicyclic amines) is 1. The summed E-state index contributed by atoms with van der Waals surface area (Å²) < 4.78 is 7.23. The van der Waals surface area contributed by atoms with E-state index in [1.54, 1.807) is 6.20 Å². The average Bonchev–Trinajstić information content (AvgIpc) is 3.40. The van der Waals surface area contributed by atoms with Crippen LogP contribution in [0.15, 0.2) is 36.5 Å². The number of nitrogens with one attached hydrogen (secondary N) is 1. The highest BCUT2D eigenvalue weighted by atomic mass is 16.5. The fraction of sp³-hybridized carbons (Fsp3) is 0.476. The van der Waals surface area contributed by atoms with Gasteiger partial charge in [0, 0.05) is 31.3 Å². The summed E-state index contributed by atoms with van der Waals surface area (Å²) in [5.41, 5.74) is 1.60. The van der Waals surface area contributed by atoms with E-state index in [0.29, 0.717) is 37.7 Å². The summed E-state index contributed by atoms with van der Waals surface area (Å²) in [5, 5.41) is 7.42. The molecule has 0 saturated carbocycles. The summed E-state index contributed by atoms with van der Waals surface area (Å²) in [6.07, 6.45) is 4.19. The Morgan fingerprint density at radius 2 is 1.93 bits per heavy atom. The molecule has 2 aliphatic rings. The van der Waals surface area contributed by atoms with Crippen molar-refractivity contribution in [1.82, 2.24) is 14.7 Å². The van der Waals surface area contributed by atoms with Gasteiger partial charge in [0.05, 0.1) is 24.8 Å². The average molecular weight is 382 g/mol. The lowest BCUT2D eigenvalue weighted by Gasteiger charge is -2.34. The lowest BCUT2D eigenvalue weighted by Crippen LogP contribution is -2.42. The maximum atomic E-state index is 12.6. The van der Waals surface area contributed by atoms with Gasteiger partial charge in [-0.05, 0) is 37.8 Å². The van der Waals surface area contributed by atoms with Gasteiger partial charge in [-0.15, -0.1) is 0 Å². The number of benzene rings is 1. The molecule has 2 saturated heterocycles. The molecule has 7 heteroatoms. The summed E-state index contributed by atoms with van der Waals surface area (Å²) in [4.78, 5) is 27.1. The van der Waals surface area contributed by atoms with Crippen LogP contribution in [0.4, 0.5) is 5.82 Å². The number of aromatic nitrogens is 2. The molecule has 1 atom stereocenters. The van der Waals surface area contributed by atoms with E-state index < -0.39 is 0 Å². The molecule has 0 aliphatic carbocycles. The number of hydrogen-bond acceptors (Lipinski definition) is 4. The van der Waals surface area contributed by atoms with Crippen molar-refractivity contribution >= 4 is 17.6 Å². The first kappa shape index (κ1) is 18.7. The molecule has 0 spiro atoms. The molecular formula is C21H26N4O3. The molecule has 4 rings (SSSR count). The van der Waals surface area contributed by atoms with Crippen LogP contribution in [-0.2, 0) is 9.53 Å². The zero-order valence-electron chi connectivity index (χ0n) is 16.1. The van der Waals surface area contributed by atoms with Crippen molar-refractivity contribution in [3.05, 3.63) is 47.7 Å². The van der Waals surface area contributed by atoms with Gasteiger partial charge in [-0.2, -0.15) is 5.10 Å². The Morgan fingerprint density at radius 3 is 2.64 bits per heavy atom. The first-order valence-corrected chi connectivity index (χ1v) is 9.90. The second-order valence-corrected chi connectivity index (χ2v) is 7.55. The third kappa shape index (κ3) is 3.80. The SMILES string of the molecule is Cc1ccccc1C(=O)Nc1ccnn1C1CCN(C(=O)C2CCOC2)CC1. The lowest BCUT2D eigenvalue weighted by atomic mass is 10.0. The molecule has 148 valence electrons. The van der Waals surface area contributed by atoms with Crippen molar-refractivity contribution in [1.29, 1.82) is 0 Å². The van der Waals surface area contributed by atoms with Gasteiger partial charge in [-0.1, -0.05) is 18.2 Å². The van der Waals surface area contributed by atoms with Crippen molar-refractivity contribution in [3.8, 4) is 0 Å². The minimum atomic E-state index is -0.131. The summed E-state index contributed by atoms with van der Waals surface area (Å²) in [5.74, 6) is 0.797. The number of amides is 2. The van der Waals surface area contributed by atoms with Crippen LogP contribution in [0, 0.1) is 12.8 Å². The van der Waals surface area contributed by atoms with Gasteiger partial charge in [0.2, 0.25) is 5.91 Å². The second-order valence-electron chi connectivity index (χ2n) is 7.55. The van der Waals surface area contributed by atoms with Gasteiger partial charge in [0.1, 0.15) is 5.82 Å². The first-order chi connectivity index (χ1) is 13.6. The maximum Gasteiger partial charge on any atom is 0.257 e. The molecule has 1 unspecified atom stereocenters. The number of ether oxygens (including phenoxy) is 1. The smallest absolute Gasteiger partial charge is 0.257 e. The minimum Gasteiger partial charge on any atom is -0.381 e. The molecular weight excluding hydrogens is 356 g/mol. The maximum absolute atomic E-state index is 12.6. The Kier molecular flexibility index (Phi) is 5.43. The molecule has 28 heavy (non-hydrogen) atoms. The van der Waals surface area contributed by atoms with Crippen LogP contribution < -0.4 is 5.32 Å². The number of carbonyl (C=O) groups is 2. The molecule has 2 aliphatic heterocycles. The highest BCUT2D eigenvalue weighted by Gasteiger charge is 2.31. The summed E-state index contributed by atoms with van der Waals surface area (Å²) in [6.45, 7) is 4.58. The second kappa shape index (κ2) is 8.14. The largest absolute Gasteiger partial charge is 0.381 e. The van der Waals surface area contributed by atoms with Crippen LogP contribution in [0.25, 0.3) is 0 Å². The Hall–Kier alpha value is -2.67. The fourth-order valence-electron chi connectivity index (χ4n) is 4.03. The monoisotopic (exact) mass is 382 g/mol. The van der Waals surface area contributed by atoms with E-state index >= 15 is 0 Å². The van der Waals surface area contributed by atoms with Gasteiger partial charge < -0.3 is 15.0 Å². The quantitative estimate of drug-likeness (QED) is 0.882. The number of hydrogen-bond donors (Lipinski definition) is 1. The van der Waals surface area contributed by atoms with Gasteiger partial charge in [0.25, 0.3) is 5.91 Å². The van der Waals surface area contributed by atoms with Gasteiger partial charge in [-0.25, -0.2) is 4.68 Å². The predicted molar refractivity (Wildman–Crippen MR) is 105 cm³/mol. The van der Waals surface area contributed by atoms with Crippen LogP contribution in [0.5, 0.6) is 0 Å². The zero-order chi connectivity index (χ0) is 19.5. The van der Waals surface area contributed by atoms with Crippen molar-refractivity contribution in [2.45, 2.75) is 32.2 Å². The van der Waals surface area contributed by atoms with E-state index in [2.05, 4.69) is 10.4 Å². The number of anilines is 1. The Morgan fingerprint density at radius 1 is 1.14 bits per heavy atom. The standard InChI is InChI=1S/C21H26N4O3/c1-15-4-2-3-5-18(15)20(26)23-19-6-10-22-25(19)17-7-11-24(12-8-17)21(27)16-9-13-28-14-16/h2-6,10,16-17H,7-9,11-14H2,1H3,(H,23,26). The van der Waals surface area contributed by atoms with E-state index in [1.165, 1.54) is 0 Å². The molecule has 1 N–H and O–H groups in total. The number of piperidine rings is 1. The van der Waals surface area contributed by atoms with E-state index in [9.17, 15) is 9.59 Å². The predicted octanol–water partition coefficient (Wildman–Crippen LogP) is 2.64. The molecule has 2 aromatic rings. The topological polar surface area (TPSA) is 76.5 Å². The fourth-order valence-corrected chi connectivity index (χ4v) is 4.03. The van der Waals surface area contributed by atoms with Gasteiger partial charge in [-0.3, -0.25) is 9.59 Å². The molecule has 1 aromatic carbocycles. The lowest BCUT2D eigenvalue weighted by molar-refractivity contribution is -0.136. The first-order valence-electron chi connectivity index (χ1n) is 9.90. The third-order valence-electron chi connectivity index (χ3n) is 5.70. The Bertz CT molecular complexity index is 849. The molecule has 0 radical (unpaired) electrons. The van der Waals surface area contributed by atoms with Crippen LogP contribution >= 0.6 is 0 Å². The molecule has 1 aromatic heterocycles. The molecule has 7 nitrogen and oxygen atoms in total. The van der Waals surface area contributed by atoms with Crippen LogP contribution in [0.2, 0.25) is 0 Å². The van der Waals surface area contributed by atoms with Crippen molar-refractivity contribution < 1.29 is 14.3 Å². The van der Waals surface area contributed by atoms with Crippen molar-refractivity contribution in [2.24, 2.45) is 5.92 Å². The Labute approximate surface area is 164 Å². The highest BCUT2D eigenvalue weighted by Crippen LogP contribution is 2.27.